The van der Waals surface area contributed by atoms with Crippen molar-refractivity contribution in [1.82, 2.24) is 0 Å². The zero-order valence-electron chi connectivity index (χ0n) is 9.99. The second-order valence-corrected chi connectivity index (χ2v) is 5.22. The van der Waals surface area contributed by atoms with Crippen LogP contribution < -0.4 is 0 Å². The number of rotatable bonds is 2. The Kier molecular flexibility index (Phi) is 3.73. The summed E-state index contributed by atoms with van der Waals surface area (Å²) in [6.45, 7) is 0.608. The van der Waals surface area contributed by atoms with Crippen molar-refractivity contribution >= 4 is 0 Å². The second kappa shape index (κ2) is 4.97. The van der Waals surface area contributed by atoms with Crippen molar-refractivity contribution in [3.05, 3.63) is 10.4 Å². The maximum atomic E-state index is 12.8. The van der Waals surface area contributed by atoms with E-state index < -0.39 is 17.5 Å². The zero-order valence-corrected chi connectivity index (χ0v) is 9.99. The molecule has 1 saturated heterocycles. The Balaban J connectivity index is 2.11. The van der Waals surface area contributed by atoms with Gasteiger partial charge in [-0.1, -0.05) is 11.5 Å². The topological polar surface area (TPSA) is 58.0 Å². The quantitative estimate of drug-likeness (QED) is 0.424. The van der Waals surface area contributed by atoms with Gasteiger partial charge in [0.25, 0.3) is 0 Å². The Morgan fingerprint density at radius 3 is 2.83 bits per heavy atom. The third-order valence-corrected chi connectivity index (χ3v) is 4.26. The first-order valence-electron chi connectivity index (χ1n) is 6.17. The summed E-state index contributed by atoms with van der Waals surface area (Å²) in [5.74, 6) is -1.23. The van der Waals surface area contributed by atoms with Crippen LogP contribution in [0.4, 0.5) is 13.2 Å². The molecule has 0 aromatic rings. The van der Waals surface area contributed by atoms with Crippen LogP contribution in [-0.4, -0.2) is 25.4 Å². The van der Waals surface area contributed by atoms with E-state index in [2.05, 4.69) is 10.0 Å². The van der Waals surface area contributed by atoms with Crippen LogP contribution in [0.1, 0.15) is 32.1 Å². The summed E-state index contributed by atoms with van der Waals surface area (Å²) in [6, 6.07) is 0. The van der Waals surface area contributed by atoms with Crippen LogP contribution in [-0.2, 0) is 4.74 Å². The molecule has 0 aromatic heterocycles. The predicted molar refractivity (Wildman–Crippen MR) is 58.8 cm³/mol. The van der Waals surface area contributed by atoms with Crippen molar-refractivity contribution in [1.29, 1.82) is 0 Å². The van der Waals surface area contributed by atoms with Gasteiger partial charge in [-0.15, -0.1) is 0 Å². The van der Waals surface area contributed by atoms with Crippen LogP contribution in [0.5, 0.6) is 0 Å². The van der Waals surface area contributed by atoms with Gasteiger partial charge in [0.2, 0.25) is 0 Å². The molecule has 2 rings (SSSR count). The summed E-state index contributed by atoms with van der Waals surface area (Å²) in [5, 5.41) is 3.46. The largest absolute Gasteiger partial charge is 0.391 e. The molecule has 0 N–H and O–H groups in total. The standard InChI is InChI=1S/C11H16F3N3O/c12-11(13,14)8-2-1-3-10(6-8)4-5-18-9(10)7-16-17-15/h8-9H,1-7H2. The fourth-order valence-electron chi connectivity index (χ4n) is 3.29. The minimum atomic E-state index is -4.13. The summed E-state index contributed by atoms with van der Waals surface area (Å²) in [5.41, 5.74) is 7.88. The minimum absolute atomic E-state index is 0.113. The molecule has 102 valence electrons. The average Bonchev–Trinajstić information content (AvgIpc) is 2.68. The summed E-state index contributed by atoms with van der Waals surface area (Å²) >= 11 is 0. The van der Waals surface area contributed by atoms with Gasteiger partial charge in [-0.2, -0.15) is 13.2 Å². The molecule has 2 fully saturated rings. The molecule has 0 bridgehead atoms. The van der Waals surface area contributed by atoms with E-state index in [-0.39, 0.29) is 25.5 Å². The van der Waals surface area contributed by atoms with Gasteiger partial charge in [-0.05, 0) is 36.6 Å². The van der Waals surface area contributed by atoms with Crippen molar-refractivity contribution in [2.45, 2.75) is 44.4 Å². The first kappa shape index (κ1) is 13.5. The van der Waals surface area contributed by atoms with Gasteiger partial charge in [-0.3, -0.25) is 0 Å². The van der Waals surface area contributed by atoms with Crippen LogP contribution in [0.15, 0.2) is 5.11 Å². The SMILES string of the molecule is [N-]=[N+]=NCC1OCCC12CCCC(C(F)(F)F)C2. The number of hydrogen-bond donors (Lipinski definition) is 0. The van der Waals surface area contributed by atoms with Gasteiger partial charge in [0.05, 0.1) is 18.6 Å². The fraction of sp³-hybridized carbons (Fsp3) is 1.00. The molecule has 7 heteroatoms. The van der Waals surface area contributed by atoms with Crippen LogP contribution in [0.3, 0.4) is 0 Å². The Hall–Kier alpha value is -0.940. The van der Waals surface area contributed by atoms with Gasteiger partial charge in [0.1, 0.15) is 0 Å². The van der Waals surface area contributed by atoms with E-state index in [4.69, 9.17) is 10.3 Å². The maximum absolute atomic E-state index is 12.8. The van der Waals surface area contributed by atoms with Gasteiger partial charge >= 0.3 is 6.18 Å². The predicted octanol–water partition coefficient (Wildman–Crippen LogP) is 3.82. The lowest BCUT2D eigenvalue weighted by Crippen LogP contribution is -2.41. The first-order valence-corrected chi connectivity index (χ1v) is 6.17. The first-order chi connectivity index (χ1) is 8.48. The van der Waals surface area contributed by atoms with Gasteiger partial charge in [0, 0.05) is 11.5 Å². The molecule has 18 heavy (non-hydrogen) atoms. The number of alkyl halides is 3. The highest BCUT2D eigenvalue weighted by Crippen LogP contribution is 2.52. The highest BCUT2D eigenvalue weighted by atomic mass is 19.4. The third kappa shape index (κ3) is 2.57. The molecule has 1 saturated carbocycles. The fourth-order valence-corrected chi connectivity index (χ4v) is 3.29. The molecule has 1 spiro atoms. The molecule has 3 unspecified atom stereocenters. The summed E-state index contributed by atoms with van der Waals surface area (Å²) < 4.78 is 44.0. The maximum Gasteiger partial charge on any atom is 0.391 e. The van der Waals surface area contributed by atoms with Gasteiger partial charge in [0.15, 0.2) is 0 Å². The van der Waals surface area contributed by atoms with E-state index in [0.717, 1.165) is 6.42 Å². The number of halogens is 3. The normalized spacial score (nSPS) is 36.6. The molecular formula is C11H16F3N3O. The molecule has 1 aliphatic heterocycles. The van der Waals surface area contributed by atoms with Crippen molar-refractivity contribution in [3.63, 3.8) is 0 Å². The van der Waals surface area contributed by atoms with Crippen LogP contribution in [0, 0.1) is 11.3 Å². The van der Waals surface area contributed by atoms with E-state index in [0.29, 0.717) is 19.4 Å². The summed E-state index contributed by atoms with van der Waals surface area (Å²) in [6.07, 6.45) is -2.20. The number of azide groups is 1. The Labute approximate surface area is 103 Å². The van der Waals surface area contributed by atoms with E-state index in [1.165, 1.54) is 0 Å². The molecule has 0 radical (unpaired) electrons. The Morgan fingerprint density at radius 2 is 2.17 bits per heavy atom. The minimum Gasteiger partial charge on any atom is -0.377 e. The summed E-state index contributed by atoms with van der Waals surface area (Å²) in [4.78, 5) is 2.67. The molecule has 1 heterocycles. The average molecular weight is 263 g/mol. The van der Waals surface area contributed by atoms with Gasteiger partial charge in [-0.25, -0.2) is 0 Å². The lowest BCUT2D eigenvalue weighted by atomic mass is 9.65. The lowest BCUT2D eigenvalue weighted by Gasteiger charge is -2.41. The molecule has 1 aliphatic carbocycles. The molecule has 0 amide bonds. The van der Waals surface area contributed by atoms with Gasteiger partial charge < -0.3 is 4.74 Å². The number of ether oxygens (including phenoxy) is 1. The van der Waals surface area contributed by atoms with E-state index in [1.54, 1.807) is 0 Å². The number of hydrogen-bond acceptors (Lipinski definition) is 2. The smallest absolute Gasteiger partial charge is 0.377 e. The highest BCUT2D eigenvalue weighted by Gasteiger charge is 2.52. The molecule has 0 aromatic carbocycles. The second-order valence-electron chi connectivity index (χ2n) is 5.22. The van der Waals surface area contributed by atoms with Crippen molar-refractivity contribution in [2.24, 2.45) is 16.4 Å². The van der Waals surface area contributed by atoms with Crippen molar-refractivity contribution in [2.75, 3.05) is 13.2 Å². The van der Waals surface area contributed by atoms with Crippen LogP contribution >= 0.6 is 0 Å². The van der Waals surface area contributed by atoms with E-state index >= 15 is 0 Å². The van der Waals surface area contributed by atoms with Crippen LogP contribution in [0.25, 0.3) is 10.4 Å². The zero-order chi connectivity index (χ0) is 13.2. The highest BCUT2D eigenvalue weighted by molar-refractivity contribution is 4.98. The van der Waals surface area contributed by atoms with Crippen molar-refractivity contribution < 1.29 is 17.9 Å². The molecule has 2 aliphatic rings. The summed E-state index contributed by atoms with van der Waals surface area (Å²) in [7, 11) is 0. The molecule has 3 atom stereocenters. The molecule has 4 nitrogen and oxygen atoms in total. The number of nitrogens with zero attached hydrogens (tertiary/aromatic N) is 3. The van der Waals surface area contributed by atoms with Crippen molar-refractivity contribution in [3.8, 4) is 0 Å². The monoisotopic (exact) mass is 263 g/mol. The van der Waals surface area contributed by atoms with Crippen LogP contribution in [0.2, 0.25) is 0 Å². The lowest BCUT2D eigenvalue weighted by molar-refractivity contribution is -0.194. The van der Waals surface area contributed by atoms with E-state index in [1.807, 2.05) is 0 Å². The Bertz CT molecular complexity index is 354. The van der Waals surface area contributed by atoms with E-state index in [9.17, 15) is 13.2 Å². The Morgan fingerprint density at radius 1 is 1.39 bits per heavy atom. The molecular weight excluding hydrogens is 247 g/mol. The third-order valence-electron chi connectivity index (χ3n) is 4.26.